The van der Waals surface area contributed by atoms with Crippen molar-refractivity contribution in [3.05, 3.63) is 0 Å². The monoisotopic (exact) mass is 1720 g/mol. The third-order valence-electron chi connectivity index (χ3n) is 15.4. The highest BCUT2D eigenvalue weighted by atomic mass is 127. The fourth-order valence-electron chi connectivity index (χ4n) is 11.1. The van der Waals surface area contributed by atoms with Gasteiger partial charge in [-0.1, -0.05) is 38.5 Å². The molecule has 5 saturated heterocycles. The molecular formula is C70H142BrCl4IN10O16. The van der Waals surface area contributed by atoms with Crippen molar-refractivity contribution in [3.8, 4) is 0 Å². The molecule has 5 aliphatic heterocycles. The highest BCUT2D eigenvalue weighted by Gasteiger charge is 2.56. The molecule has 0 atom stereocenters. The first-order valence-corrected chi connectivity index (χ1v) is 39.5. The van der Waals surface area contributed by atoms with Crippen LogP contribution >= 0.6 is 85.4 Å². The average molecular weight is 1730 g/mol. The van der Waals surface area contributed by atoms with Gasteiger partial charge in [-0.25, -0.2) is 0 Å². The summed E-state index contributed by atoms with van der Waals surface area (Å²) in [5.74, 6) is 2.01. The summed E-state index contributed by atoms with van der Waals surface area (Å²) in [7, 11) is 5.91. The third-order valence-corrected chi connectivity index (χ3v) is 18.5. The largest absolute Gasteiger partial charge is 0.400 e. The Balaban J connectivity index is -0.000000558. The minimum atomic E-state index is -0.679. The summed E-state index contributed by atoms with van der Waals surface area (Å²) < 4.78 is 48.0. The fourth-order valence-corrected chi connectivity index (χ4v) is 12.4. The van der Waals surface area contributed by atoms with E-state index in [0.29, 0.717) is 105 Å². The van der Waals surface area contributed by atoms with Crippen molar-refractivity contribution in [1.82, 2.24) is 50.6 Å². The summed E-state index contributed by atoms with van der Waals surface area (Å²) in [6, 6.07) is 0. The second-order valence-electron chi connectivity index (χ2n) is 30.4. The maximum absolute atomic E-state index is 12.4. The van der Waals surface area contributed by atoms with Crippen LogP contribution < -0.4 is 26.6 Å². The zero-order valence-electron chi connectivity index (χ0n) is 67.7. The van der Waals surface area contributed by atoms with E-state index >= 15 is 0 Å². The van der Waals surface area contributed by atoms with E-state index in [0.717, 1.165) is 67.9 Å². The normalized spacial score (nSPS) is 20.0. The summed E-state index contributed by atoms with van der Waals surface area (Å²) in [6.07, 6.45) is 4.57. The van der Waals surface area contributed by atoms with Crippen molar-refractivity contribution in [3.63, 3.8) is 0 Å². The summed E-state index contributed by atoms with van der Waals surface area (Å²) in [5, 5.41) is 32.2. The minimum absolute atomic E-state index is 0.0513. The number of nitrogens with one attached hydrogen (secondary N) is 5. The molecular weight excluding hydrogens is 1590 g/mol. The Morgan fingerprint density at radius 2 is 0.755 bits per heavy atom. The second-order valence-corrected chi connectivity index (χ2v) is 33.5. The average Bonchev–Trinajstić information content (AvgIpc) is 1.61. The van der Waals surface area contributed by atoms with E-state index in [-0.39, 0.29) is 64.4 Å². The third kappa shape index (κ3) is 42.3. The lowest BCUT2D eigenvalue weighted by molar-refractivity contribution is -0.134. The molecule has 26 nitrogen and oxygen atoms in total. The molecule has 5 aliphatic rings. The van der Waals surface area contributed by atoms with Gasteiger partial charge in [0.15, 0.2) is 0 Å². The fraction of sp³-hybridized carbons (Fsp3) is 0.929. The first kappa shape index (κ1) is 107. The van der Waals surface area contributed by atoms with Crippen LogP contribution in [0.4, 0.5) is 0 Å². The predicted molar refractivity (Wildman–Crippen MR) is 425 cm³/mol. The Kier molecular flexibility index (Phi) is 55.9. The summed E-state index contributed by atoms with van der Waals surface area (Å²) in [4.78, 5) is 67.4. The van der Waals surface area contributed by atoms with Gasteiger partial charge in [0.25, 0.3) is 0 Å². The molecule has 5 amide bonds. The molecule has 5 heterocycles. The number of halogens is 6. The first-order chi connectivity index (χ1) is 46.9. The van der Waals surface area contributed by atoms with E-state index in [1.165, 1.54) is 0 Å². The molecule has 0 aliphatic carbocycles. The van der Waals surface area contributed by atoms with Gasteiger partial charge in [0.1, 0.15) is 11.2 Å². The van der Waals surface area contributed by atoms with E-state index in [9.17, 15) is 24.0 Å². The van der Waals surface area contributed by atoms with Crippen LogP contribution in [0.25, 0.3) is 0 Å². The quantitative estimate of drug-likeness (QED) is 0.0139. The van der Waals surface area contributed by atoms with Crippen LogP contribution in [0.15, 0.2) is 0 Å². The first-order valence-electron chi connectivity index (χ1n) is 35.1. The Hall–Kier alpha value is -0.920. The van der Waals surface area contributed by atoms with Gasteiger partial charge in [0, 0.05) is 89.3 Å². The molecule has 5 fully saturated rings. The van der Waals surface area contributed by atoms with Gasteiger partial charge in [-0.05, 0) is 203 Å². The molecule has 0 aromatic heterocycles. The molecule has 7 N–H and O–H groups in total. The molecule has 0 aromatic carbocycles. The van der Waals surface area contributed by atoms with Crippen molar-refractivity contribution in [2.24, 2.45) is 0 Å². The molecule has 102 heavy (non-hydrogen) atoms. The van der Waals surface area contributed by atoms with Gasteiger partial charge in [-0.15, -0.1) is 23.2 Å². The van der Waals surface area contributed by atoms with Crippen LogP contribution in [0.5, 0.6) is 0 Å². The number of aliphatic hydroxyl groups is 2. The maximum Gasteiger partial charge on any atom is 0.245 e. The lowest BCUT2D eigenvalue weighted by atomic mass is 10.1. The number of hydrogen-bond donors (Lipinski definition) is 7. The summed E-state index contributed by atoms with van der Waals surface area (Å²) in [6.45, 7) is 55.1. The highest BCUT2D eigenvalue weighted by molar-refractivity contribution is 14.1. The SMILES string of the molecule is CC(C)(C)OCl.CC1(C)NC(=O)C(C)(C)N1.CC1(C)NC(C)(C)N(CCCCl)C1=O.CC1(C)NC(C)(C)N(CCCI)C1=O.CO.COCCOCCO.COCCOCCOCCCN1C(=O)C(C)(C)N(Cl)C1(C)C.COCCOCCOCCCN1C(=O)C(C)(C)NC1(C)C.ClCCCBr. The number of hydrogen-bond acceptors (Lipinski definition) is 21. The van der Waals surface area contributed by atoms with E-state index in [1.807, 2.05) is 165 Å². The number of rotatable bonds is 33. The lowest BCUT2D eigenvalue weighted by Gasteiger charge is -2.35. The van der Waals surface area contributed by atoms with E-state index < -0.39 is 33.4 Å². The highest BCUT2D eigenvalue weighted by Crippen LogP contribution is 2.40. The number of nitrogens with zero attached hydrogens (tertiary/aromatic N) is 5. The van der Waals surface area contributed by atoms with Gasteiger partial charge in [-0.2, -0.15) is 4.42 Å². The number of methoxy groups -OCH3 is 3. The zero-order chi connectivity index (χ0) is 80.3. The van der Waals surface area contributed by atoms with Crippen LogP contribution in [0.2, 0.25) is 0 Å². The Labute approximate surface area is 659 Å². The lowest BCUT2D eigenvalue weighted by Crippen LogP contribution is -2.48. The van der Waals surface area contributed by atoms with Crippen LogP contribution in [0.3, 0.4) is 0 Å². The van der Waals surface area contributed by atoms with Gasteiger partial charge in [-0.3, -0.25) is 49.5 Å². The molecule has 0 radical (unpaired) electrons. The Morgan fingerprint density at radius 3 is 0.971 bits per heavy atom. The Morgan fingerprint density at radius 1 is 0.451 bits per heavy atom. The topological polar surface area (TPSA) is 285 Å². The molecule has 610 valence electrons. The van der Waals surface area contributed by atoms with E-state index in [2.05, 4.69) is 88.0 Å². The molecule has 0 unspecified atom stereocenters. The standard InChI is InChI=1S/C15H29ClN2O4.C15H30N2O4.C10H19ClN2O.C10H19IN2O.C7H14N2O.C5H12O3.C4H9ClO.C3H6BrCl.CH4O/c1-14(2)13(19)17(15(3,4)18(14)16)7-6-8-21-11-12-22-10-9-20-5;1-14(2)13(18)17(15(3,4)16-14)7-6-8-20-11-12-21-10-9-19-5;2*1-9(2)8(14)13(7-5-6-11)10(3,4)12-9;1-6(2)5(10)8-7(3,4)9-6;1-7-4-5-8-3-2-6;1-4(2,3)6-5;4-2-1-3-5;1-2/h6-12H2,1-5H3;16H,6-12H2,1-5H3;2*12H,5-7H2,1-4H3;9H,1-4H3,(H,8,10);6H,2-5H2,1H3;1-3H3;1-3H2;2H,1H3. The van der Waals surface area contributed by atoms with E-state index in [4.69, 9.17) is 90.2 Å². The van der Waals surface area contributed by atoms with Crippen molar-refractivity contribution >= 4 is 115 Å². The van der Waals surface area contributed by atoms with Crippen LogP contribution in [-0.4, -0.2) is 294 Å². The van der Waals surface area contributed by atoms with Crippen molar-refractivity contribution < 1.29 is 76.4 Å². The number of aliphatic hydroxyl groups excluding tert-OH is 2. The smallest absolute Gasteiger partial charge is 0.245 e. The number of carbonyl (C=O) groups excluding carboxylic acids is 5. The molecule has 5 rings (SSSR count). The van der Waals surface area contributed by atoms with E-state index in [1.54, 1.807) is 25.7 Å². The van der Waals surface area contributed by atoms with Crippen LogP contribution in [0.1, 0.15) is 191 Å². The second kappa shape index (κ2) is 53.1. The number of amides is 5. The predicted octanol–water partition coefficient (Wildman–Crippen LogP) is 9.63. The van der Waals surface area contributed by atoms with Crippen molar-refractivity contribution in [1.29, 1.82) is 0 Å². The maximum atomic E-state index is 12.4. The summed E-state index contributed by atoms with van der Waals surface area (Å²) >= 11 is 27.8. The van der Waals surface area contributed by atoms with Gasteiger partial charge >= 0.3 is 0 Å². The zero-order valence-corrected chi connectivity index (χ0v) is 74.5. The molecule has 0 spiro atoms. The number of ether oxygens (including phenoxy) is 8. The molecule has 0 bridgehead atoms. The number of alkyl halides is 4. The van der Waals surface area contributed by atoms with Gasteiger partial charge in [0.05, 0.1) is 142 Å². The van der Waals surface area contributed by atoms with Gasteiger partial charge < -0.3 is 73.0 Å². The number of carbonyl (C=O) groups is 5. The molecule has 32 heteroatoms. The van der Waals surface area contributed by atoms with Crippen molar-refractivity contribution in [2.45, 2.75) is 253 Å². The molecule has 0 saturated carbocycles. The molecule has 0 aromatic rings. The van der Waals surface area contributed by atoms with Crippen LogP contribution in [0, 0.1) is 0 Å². The minimum Gasteiger partial charge on any atom is -0.400 e. The van der Waals surface area contributed by atoms with Crippen LogP contribution in [-0.2, 0) is 66.2 Å². The Bertz CT molecular complexity index is 2220. The summed E-state index contributed by atoms with van der Waals surface area (Å²) in [5.41, 5.74) is -4.13. The van der Waals surface area contributed by atoms with Crippen molar-refractivity contribution in [2.75, 3.05) is 169 Å². The van der Waals surface area contributed by atoms with Gasteiger partial charge in [0.2, 0.25) is 29.5 Å².